The normalized spacial score (nSPS) is 23.8. The zero-order chi connectivity index (χ0) is 9.73. The summed E-state index contributed by atoms with van der Waals surface area (Å²) in [5, 5.41) is 21.8. The molecule has 1 aliphatic rings. The quantitative estimate of drug-likeness (QED) is 0.601. The molecule has 0 spiro atoms. The highest BCUT2D eigenvalue weighted by molar-refractivity contribution is 7.99. The van der Waals surface area contributed by atoms with Crippen LogP contribution in [0.3, 0.4) is 0 Å². The Bertz CT molecular complexity index is 136. The van der Waals surface area contributed by atoms with Crippen LogP contribution in [0.5, 0.6) is 0 Å². The molecule has 1 atom stereocenters. The molecule has 0 aliphatic carbocycles. The van der Waals surface area contributed by atoms with Gasteiger partial charge >= 0.3 is 0 Å². The second kappa shape index (κ2) is 5.20. The van der Waals surface area contributed by atoms with E-state index in [1.807, 2.05) is 18.7 Å². The van der Waals surface area contributed by atoms with E-state index in [9.17, 15) is 10.2 Å². The van der Waals surface area contributed by atoms with Crippen LogP contribution in [0.2, 0.25) is 0 Å². The molecule has 0 aromatic heterocycles. The summed E-state index contributed by atoms with van der Waals surface area (Å²) >= 11 is 1.93. The lowest BCUT2D eigenvalue weighted by Crippen LogP contribution is -2.55. The van der Waals surface area contributed by atoms with Crippen molar-refractivity contribution in [1.29, 1.82) is 0 Å². The van der Waals surface area contributed by atoms with Crippen LogP contribution in [0.15, 0.2) is 0 Å². The van der Waals surface area contributed by atoms with Gasteiger partial charge in [0.1, 0.15) is 0 Å². The summed E-state index contributed by atoms with van der Waals surface area (Å²) in [5.74, 6) is 2.29. The van der Waals surface area contributed by atoms with Crippen LogP contribution in [0.25, 0.3) is 0 Å². The number of hydrogen-bond acceptors (Lipinski definition) is 4. The molecule has 1 saturated heterocycles. The van der Waals surface area contributed by atoms with Gasteiger partial charge in [-0.15, -0.1) is 0 Å². The van der Waals surface area contributed by atoms with E-state index in [1.165, 1.54) is 5.75 Å². The van der Waals surface area contributed by atoms with Crippen molar-refractivity contribution >= 4 is 11.8 Å². The van der Waals surface area contributed by atoms with E-state index < -0.39 is 5.54 Å². The molecule has 0 aromatic rings. The lowest BCUT2D eigenvalue weighted by Gasteiger charge is -2.32. The van der Waals surface area contributed by atoms with Crippen molar-refractivity contribution in [2.45, 2.75) is 31.3 Å². The number of hydrogen-bond donors (Lipinski definition) is 3. The van der Waals surface area contributed by atoms with E-state index in [1.54, 1.807) is 0 Å². The summed E-state index contributed by atoms with van der Waals surface area (Å²) in [7, 11) is 0. The van der Waals surface area contributed by atoms with Crippen molar-refractivity contribution in [3.8, 4) is 0 Å². The molecule has 0 saturated carbocycles. The molecule has 3 N–H and O–H groups in total. The number of aliphatic hydroxyl groups excluding tert-OH is 2. The van der Waals surface area contributed by atoms with E-state index in [0.717, 1.165) is 18.6 Å². The minimum absolute atomic E-state index is 0.0150. The van der Waals surface area contributed by atoms with Gasteiger partial charge in [-0.25, -0.2) is 0 Å². The topological polar surface area (TPSA) is 52.5 Å². The van der Waals surface area contributed by atoms with Crippen LogP contribution in [0, 0.1) is 0 Å². The van der Waals surface area contributed by atoms with Crippen LogP contribution in [-0.4, -0.2) is 46.5 Å². The maximum atomic E-state index is 9.21. The fourth-order valence-corrected chi connectivity index (χ4v) is 2.70. The van der Waals surface area contributed by atoms with Gasteiger partial charge in [0.2, 0.25) is 0 Å². The fourth-order valence-electron chi connectivity index (χ4n) is 1.55. The first-order valence-electron chi connectivity index (χ1n) is 4.83. The molecular formula is C9H19NO2S. The van der Waals surface area contributed by atoms with Gasteiger partial charge in [-0.05, 0) is 18.6 Å². The Morgan fingerprint density at radius 2 is 2.15 bits per heavy atom. The summed E-state index contributed by atoms with van der Waals surface area (Å²) < 4.78 is 0. The molecule has 0 amide bonds. The van der Waals surface area contributed by atoms with Crippen molar-refractivity contribution < 1.29 is 10.2 Å². The zero-order valence-corrected chi connectivity index (χ0v) is 8.94. The maximum Gasteiger partial charge on any atom is 0.0647 e. The third-order valence-electron chi connectivity index (χ3n) is 2.72. The fraction of sp³-hybridized carbons (Fsp3) is 1.00. The predicted molar refractivity (Wildman–Crippen MR) is 56.1 cm³/mol. The van der Waals surface area contributed by atoms with Crippen LogP contribution < -0.4 is 5.32 Å². The highest BCUT2D eigenvalue weighted by Crippen LogP contribution is 2.20. The van der Waals surface area contributed by atoms with Crippen LogP contribution in [0.4, 0.5) is 0 Å². The zero-order valence-electron chi connectivity index (χ0n) is 8.12. The van der Waals surface area contributed by atoms with E-state index >= 15 is 0 Å². The van der Waals surface area contributed by atoms with Gasteiger partial charge in [0.15, 0.2) is 0 Å². The van der Waals surface area contributed by atoms with Crippen molar-refractivity contribution in [1.82, 2.24) is 5.32 Å². The molecule has 1 fully saturated rings. The van der Waals surface area contributed by atoms with Gasteiger partial charge in [0.05, 0.1) is 18.8 Å². The van der Waals surface area contributed by atoms with Gasteiger partial charge in [-0.3, -0.25) is 0 Å². The molecule has 3 nitrogen and oxygen atoms in total. The largest absolute Gasteiger partial charge is 0.394 e. The van der Waals surface area contributed by atoms with Crippen LogP contribution in [-0.2, 0) is 0 Å². The third kappa shape index (κ3) is 2.84. The van der Waals surface area contributed by atoms with E-state index in [4.69, 9.17) is 0 Å². The van der Waals surface area contributed by atoms with Gasteiger partial charge < -0.3 is 15.5 Å². The summed E-state index contributed by atoms with van der Waals surface area (Å²) in [6, 6.07) is 0.462. The lowest BCUT2D eigenvalue weighted by molar-refractivity contribution is 0.0800. The molecule has 0 bridgehead atoms. The average Bonchev–Trinajstić information content (AvgIpc) is 2.67. The molecule has 0 radical (unpaired) electrons. The standard InChI is InChI=1S/C9H19NO2S/c1-2-9(6-11,7-12)10-8-3-4-13-5-8/h8,10-12H,2-7H2,1H3. The van der Waals surface area contributed by atoms with Crippen molar-refractivity contribution in [3.05, 3.63) is 0 Å². The molecule has 0 aromatic carbocycles. The molecule has 78 valence electrons. The van der Waals surface area contributed by atoms with Crippen LogP contribution >= 0.6 is 11.8 Å². The molecule has 13 heavy (non-hydrogen) atoms. The number of thioether (sulfide) groups is 1. The SMILES string of the molecule is CCC(CO)(CO)NC1CCSC1. The Balaban J connectivity index is 2.44. The smallest absolute Gasteiger partial charge is 0.0647 e. The first-order chi connectivity index (χ1) is 6.26. The lowest BCUT2D eigenvalue weighted by atomic mass is 9.97. The maximum absolute atomic E-state index is 9.21. The molecule has 1 rings (SSSR count). The van der Waals surface area contributed by atoms with Gasteiger partial charge in [-0.1, -0.05) is 6.92 Å². The molecule has 1 aliphatic heterocycles. The summed E-state index contributed by atoms with van der Waals surface area (Å²) in [6.07, 6.45) is 1.91. The van der Waals surface area contributed by atoms with Gasteiger partial charge in [0.25, 0.3) is 0 Å². The Hall–Kier alpha value is 0.230. The van der Waals surface area contributed by atoms with E-state index in [2.05, 4.69) is 5.32 Å². The molecule has 1 heterocycles. The van der Waals surface area contributed by atoms with Crippen molar-refractivity contribution in [3.63, 3.8) is 0 Å². The van der Waals surface area contributed by atoms with Crippen molar-refractivity contribution in [2.75, 3.05) is 24.7 Å². The number of nitrogens with one attached hydrogen (secondary N) is 1. The molecule has 4 heteroatoms. The number of aliphatic hydroxyl groups is 2. The third-order valence-corrected chi connectivity index (χ3v) is 3.88. The van der Waals surface area contributed by atoms with Gasteiger partial charge in [-0.2, -0.15) is 11.8 Å². The number of rotatable bonds is 5. The summed E-state index contributed by atoms with van der Waals surface area (Å²) in [5.41, 5.74) is -0.463. The molecular weight excluding hydrogens is 186 g/mol. The minimum Gasteiger partial charge on any atom is -0.394 e. The Kier molecular flexibility index (Phi) is 4.52. The average molecular weight is 205 g/mol. The second-order valence-corrected chi connectivity index (χ2v) is 4.80. The molecule has 1 unspecified atom stereocenters. The van der Waals surface area contributed by atoms with Crippen LogP contribution in [0.1, 0.15) is 19.8 Å². The van der Waals surface area contributed by atoms with Gasteiger partial charge in [0, 0.05) is 11.8 Å². The van der Waals surface area contributed by atoms with E-state index in [-0.39, 0.29) is 13.2 Å². The highest BCUT2D eigenvalue weighted by Gasteiger charge is 2.30. The van der Waals surface area contributed by atoms with E-state index in [0.29, 0.717) is 6.04 Å². The second-order valence-electron chi connectivity index (χ2n) is 3.65. The summed E-state index contributed by atoms with van der Waals surface area (Å²) in [4.78, 5) is 0. The Morgan fingerprint density at radius 1 is 1.46 bits per heavy atom. The van der Waals surface area contributed by atoms with Crippen molar-refractivity contribution in [2.24, 2.45) is 0 Å². The monoisotopic (exact) mass is 205 g/mol. The first kappa shape index (κ1) is 11.3. The Labute approximate surface area is 83.9 Å². The minimum atomic E-state index is -0.463. The predicted octanol–water partition coefficient (Wildman–Crippen LogP) is 0.215. The Morgan fingerprint density at radius 3 is 2.54 bits per heavy atom. The first-order valence-corrected chi connectivity index (χ1v) is 5.99. The summed E-state index contributed by atoms with van der Waals surface area (Å²) in [6.45, 7) is 2.02. The highest BCUT2D eigenvalue weighted by atomic mass is 32.2.